The number of aliphatic hydroxyl groups excluding tert-OH is 1. The van der Waals surface area contributed by atoms with Crippen LogP contribution >= 0.6 is 0 Å². The van der Waals surface area contributed by atoms with Crippen LogP contribution in [0.3, 0.4) is 0 Å². The fourth-order valence-corrected chi connectivity index (χ4v) is 6.13. The number of fused-ring (bicyclic) bond motifs is 1. The summed E-state index contributed by atoms with van der Waals surface area (Å²) in [6.07, 6.45) is 4.89. The molecule has 1 N–H and O–H groups in total. The third-order valence-corrected chi connectivity index (χ3v) is 8.35. The molecule has 3 aromatic rings. The van der Waals surface area contributed by atoms with Crippen molar-refractivity contribution in [2.24, 2.45) is 5.92 Å². The fraction of sp³-hybridized carbons (Fsp3) is 0.385. The molecular formula is C26H32N4O4S. The molecule has 0 fully saturated rings. The van der Waals surface area contributed by atoms with Crippen LogP contribution < -0.4 is 4.74 Å². The predicted octanol–water partition coefficient (Wildman–Crippen LogP) is 3.04. The molecule has 9 heteroatoms. The van der Waals surface area contributed by atoms with Crippen molar-refractivity contribution < 1.29 is 18.3 Å². The van der Waals surface area contributed by atoms with Crippen molar-refractivity contribution in [3.63, 3.8) is 0 Å². The van der Waals surface area contributed by atoms with Gasteiger partial charge in [-0.1, -0.05) is 19.1 Å². The van der Waals surface area contributed by atoms with E-state index in [9.17, 15) is 13.5 Å². The standard InChI is InChI=1S/C26H32N4O4S/c1-19-15-30(20(2)18-31)35(32,33)26-8-7-22(21-9-12-27-13-10-21)14-24(26)34-25(19)17-29(3)16-23-6-4-5-11-28-23/h4-14,19-20,25,31H,15-18H2,1-3H3/t19-,20-,25+/m0/s1. The first-order chi connectivity index (χ1) is 16.8. The van der Waals surface area contributed by atoms with E-state index in [2.05, 4.69) is 14.9 Å². The molecule has 35 heavy (non-hydrogen) atoms. The lowest BCUT2D eigenvalue weighted by atomic mass is 10.0. The van der Waals surface area contributed by atoms with Gasteiger partial charge in [0.1, 0.15) is 16.7 Å². The molecule has 0 saturated heterocycles. The lowest BCUT2D eigenvalue weighted by Gasteiger charge is -2.37. The van der Waals surface area contributed by atoms with Crippen molar-refractivity contribution in [1.29, 1.82) is 0 Å². The molecule has 0 spiro atoms. The summed E-state index contributed by atoms with van der Waals surface area (Å²) in [5, 5.41) is 9.83. The van der Waals surface area contributed by atoms with E-state index < -0.39 is 16.1 Å². The Morgan fingerprint density at radius 2 is 1.91 bits per heavy atom. The molecule has 186 valence electrons. The molecule has 1 aromatic carbocycles. The van der Waals surface area contributed by atoms with E-state index in [4.69, 9.17) is 4.74 Å². The van der Waals surface area contributed by atoms with Crippen molar-refractivity contribution >= 4 is 10.0 Å². The normalized spacial score (nSPS) is 20.9. The van der Waals surface area contributed by atoms with Gasteiger partial charge in [-0.3, -0.25) is 14.9 Å². The van der Waals surface area contributed by atoms with Gasteiger partial charge in [0.15, 0.2) is 0 Å². The number of likely N-dealkylation sites (N-methyl/N-ethyl adjacent to an activating group) is 1. The van der Waals surface area contributed by atoms with Crippen LogP contribution in [-0.4, -0.2) is 71.6 Å². The van der Waals surface area contributed by atoms with Crippen molar-refractivity contribution in [3.05, 3.63) is 72.8 Å². The molecule has 8 nitrogen and oxygen atoms in total. The first kappa shape index (κ1) is 25.2. The van der Waals surface area contributed by atoms with Crippen LogP contribution in [0.1, 0.15) is 19.5 Å². The maximum Gasteiger partial charge on any atom is 0.247 e. The van der Waals surface area contributed by atoms with Crippen LogP contribution in [0, 0.1) is 5.92 Å². The number of nitrogens with zero attached hydrogens (tertiary/aromatic N) is 4. The number of hydrogen-bond acceptors (Lipinski definition) is 7. The molecule has 4 rings (SSSR count). The number of rotatable bonds is 7. The predicted molar refractivity (Wildman–Crippen MR) is 134 cm³/mol. The van der Waals surface area contributed by atoms with E-state index >= 15 is 0 Å². The van der Waals surface area contributed by atoms with Crippen molar-refractivity contribution in [3.8, 4) is 16.9 Å². The fourth-order valence-electron chi connectivity index (χ4n) is 4.31. The quantitative estimate of drug-likeness (QED) is 0.537. The third kappa shape index (κ3) is 5.70. The summed E-state index contributed by atoms with van der Waals surface area (Å²) >= 11 is 0. The molecule has 0 unspecified atom stereocenters. The lowest BCUT2D eigenvalue weighted by Crippen LogP contribution is -2.49. The molecule has 2 aromatic heterocycles. The summed E-state index contributed by atoms with van der Waals surface area (Å²) in [6, 6.07) is 14.2. The molecule has 3 heterocycles. The van der Waals surface area contributed by atoms with E-state index in [1.165, 1.54) is 4.31 Å². The number of ether oxygens (including phenoxy) is 1. The molecule has 0 amide bonds. The Kier molecular flexibility index (Phi) is 7.81. The first-order valence-corrected chi connectivity index (χ1v) is 13.2. The molecule has 0 saturated carbocycles. The zero-order valence-electron chi connectivity index (χ0n) is 20.3. The lowest BCUT2D eigenvalue weighted by molar-refractivity contribution is 0.0731. The minimum absolute atomic E-state index is 0.111. The highest BCUT2D eigenvalue weighted by Gasteiger charge is 2.38. The molecule has 3 atom stereocenters. The van der Waals surface area contributed by atoms with Crippen molar-refractivity contribution in [2.45, 2.75) is 37.4 Å². The summed E-state index contributed by atoms with van der Waals surface area (Å²) in [5.74, 6) is 0.194. The van der Waals surface area contributed by atoms with E-state index in [0.717, 1.165) is 16.8 Å². The van der Waals surface area contributed by atoms with Gasteiger partial charge in [-0.05, 0) is 61.5 Å². The number of hydrogen-bond donors (Lipinski definition) is 1. The van der Waals surface area contributed by atoms with Gasteiger partial charge in [-0.25, -0.2) is 8.42 Å². The molecule has 0 radical (unpaired) electrons. The number of aromatic nitrogens is 2. The SMILES string of the molecule is C[C@H]1CN([C@@H](C)CO)S(=O)(=O)c2ccc(-c3ccncc3)cc2O[C@@H]1CN(C)Cc1ccccn1. The molecule has 1 aliphatic rings. The number of sulfonamides is 1. The van der Waals surface area contributed by atoms with Crippen LogP contribution in [0.4, 0.5) is 0 Å². The van der Waals surface area contributed by atoms with E-state index in [1.807, 2.05) is 44.3 Å². The van der Waals surface area contributed by atoms with Gasteiger partial charge in [0.05, 0.1) is 12.3 Å². The summed E-state index contributed by atoms with van der Waals surface area (Å²) in [6.45, 7) is 4.92. The Balaban J connectivity index is 1.72. The highest BCUT2D eigenvalue weighted by atomic mass is 32.2. The van der Waals surface area contributed by atoms with Gasteiger partial charge < -0.3 is 9.84 Å². The highest BCUT2D eigenvalue weighted by molar-refractivity contribution is 7.89. The average Bonchev–Trinajstić information content (AvgIpc) is 2.86. The Morgan fingerprint density at radius 1 is 1.14 bits per heavy atom. The summed E-state index contributed by atoms with van der Waals surface area (Å²) in [7, 11) is -1.87. The zero-order valence-corrected chi connectivity index (χ0v) is 21.1. The minimum Gasteiger partial charge on any atom is -0.487 e. The van der Waals surface area contributed by atoms with E-state index in [1.54, 1.807) is 43.7 Å². The smallest absolute Gasteiger partial charge is 0.247 e. The number of benzene rings is 1. The van der Waals surface area contributed by atoms with E-state index in [-0.39, 0.29) is 30.1 Å². The first-order valence-electron chi connectivity index (χ1n) is 11.7. The third-order valence-electron chi connectivity index (χ3n) is 6.33. The molecule has 0 bridgehead atoms. The second-order valence-electron chi connectivity index (χ2n) is 9.16. The van der Waals surface area contributed by atoms with Gasteiger partial charge in [0, 0.05) is 50.2 Å². The van der Waals surface area contributed by atoms with Crippen LogP contribution in [0.5, 0.6) is 5.75 Å². The molecule has 1 aliphatic heterocycles. The second kappa shape index (κ2) is 10.8. The topological polar surface area (TPSA) is 95.9 Å². The van der Waals surface area contributed by atoms with Gasteiger partial charge in [-0.15, -0.1) is 0 Å². The summed E-state index contributed by atoms with van der Waals surface area (Å²) < 4.78 is 35.2. The van der Waals surface area contributed by atoms with Crippen LogP contribution in [-0.2, 0) is 16.6 Å². The van der Waals surface area contributed by atoms with Gasteiger partial charge >= 0.3 is 0 Å². The largest absolute Gasteiger partial charge is 0.487 e. The minimum atomic E-state index is -3.87. The molecule has 0 aliphatic carbocycles. The van der Waals surface area contributed by atoms with Crippen molar-refractivity contribution in [1.82, 2.24) is 19.2 Å². The Labute approximate surface area is 207 Å². The summed E-state index contributed by atoms with van der Waals surface area (Å²) in [5.41, 5.74) is 2.72. The van der Waals surface area contributed by atoms with Gasteiger partial charge in [0.25, 0.3) is 0 Å². The van der Waals surface area contributed by atoms with Crippen LogP contribution in [0.25, 0.3) is 11.1 Å². The Morgan fingerprint density at radius 3 is 2.60 bits per heavy atom. The Hall–Kier alpha value is -2.85. The van der Waals surface area contributed by atoms with Gasteiger partial charge in [0.2, 0.25) is 10.0 Å². The Bertz CT molecular complexity index is 1220. The maximum atomic E-state index is 13.6. The monoisotopic (exact) mass is 496 g/mol. The second-order valence-corrected chi connectivity index (χ2v) is 11.0. The van der Waals surface area contributed by atoms with Gasteiger partial charge in [-0.2, -0.15) is 4.31 Å². The van der Waals surface area contributed by atoms with Crippen LogP contribution in [0.15, 0.2) is 72.0 Å². The number of aliphatic hydroxyl groups is 1. The number of pyridine rings is 2. The summed E-state index contributed by atoms with van der Waals surface area (Å²) in [4.78, 5) is 10.7. The molecular weight excluding hydrogens is 464 g/mol. The van der Waals surface area contributed by atoms with Crippen molar-refractivity contribution in [2.75, 3.05) is 26.7 Å². The van der Waals surface area contributed by atoms with Crippen LogP contribution in [0.2, 0.25) is 0 Å². The van der Waals surface area contributed by atoms with E-state index in [0.29, 0.717) is 18.8 Å². The highest BCUT2D eigenvalue weighted by Crippen LogP contribution is 2.36. The zero-order chi connectivity index (χ0) is 25.0. The average molecular weight is 497 g/mol. The maximum absolute atomic E-state index is 13.6.